The highest BCUT2D eigenvalue weighted by atomic mass is 32.1. The topological polar surface area (TPSA) is 45.7 Å². The molecule has 1 aliphatic heterocycles. The summed E-state index contributed by atoms with van der Waals surface area (Å²) in [5, 5.41) is 3.08. The van der Waals surface area contributed by atoms with Crippen molar-refractivity contribution in [1.29, 1.82) is 0 Å². The number of aromatic nitrogens is 1. The fourth-order valence-corrected chi connectivity index (χ4v) is 4.17. The molecule has 140 valence electrons. The van der Waals surface area contributed by atoms with E-state index in [2.05, 4.69) is 28.5 Å². The smallest absolute Gasteiger partial charge is 0.229 e. The second-order valence-corrected chi connectivity index (χ2v) is 7.56. The molecule has 2 aliphatic rings. The zero-order chi connectivity index (χ0) is 18.6. The monoisotopic (exact) mass is 381 g/mol. The van der Waals surface area contributed by atoms with Crippen molar-refractivity contribution in [3.63, 3.8) is 0 Å². The maximum atomic E-state index is 12.6. The van der Waals surface area contributed by atoms with Gasteiger partial charge < -0.3 is 14.5 Å². The van der Waals surface area contributed by atoms with Gasteiger partial charge in [-0.1, -0.05) is 42.5 Å². The zero-order valence-corrected chi connectivity index (χ0v) is 16.2. The third-order valence-electron chi connectivity index (χ3n) is 4.96. The Kier molecular flexibility index (Phi) is 5.36. The number of anilines is 1. The minimum Gasteiger partial charge on any atom is -0.378 e. The number of hydrogen-bond donors (Lipinski definition) is 0. The molecule has 1 amide bonds. The third-order valence-corrected chi connectivity index (χ3v) is 5.84. The van der Waals surface area contributed by atoms with E-state index >= 15 is 0 Å². The van der Waals surface area contributed by atoms with Crippen LogP contribution in [0.5, 0.6) is 0 Å². The van der Waals surface area contributed by atoms with E-state index in [0.717, 1.165) is 28.5 Å². The maximum Gasteiger partial charge on any atom is 0.229 e. The van der Waals surface area contributed by atoms with Gasteiger partial charge in [-0.15, -0.1) is 11.3 Å². The van der Waals surface area contributed by atoms with Crippen molar-refractivity contribution in [3.8, 4) is 10.6 Å². The Hall–Kier alpha value is -2.44. The van der Waals surface area contributed by atoms with Crippen LogP contribution < -0.4 is 4.90 Å². The second kappa shape index (κ2) is 8.06. The summed E-state index contributed by atoms with van der Waals surface area (Å²) < 4.78 is 5.33. The van der Waals surface area contributed by atoms with Gasteiger partial charge in [0, 0.05) is 36.8 Å². The second-order valence-electron chi connectivity index (χ2n) is 6.70. The van der Waals surface area contributed by atoms with E-state index < -0.39 is 0 Å². The Bertz CT molecular complexity index is 853. The van der Waals surface area contributed by atoms with E-state index in [9.17, 15) is 4.79 Å². The number of morpholine rings is 1. The number of ether oxygens (including phenoxy) is 1. The van der Waals surface area contributed by atoms with Crippen LogP contribution in [-0.2, 0) is 9.53 Å². The average Bonchev–Trinajstić information content (AvgIpc) is 3.24. The minimum absolute atomic E-state index is 0.0736. The standard InChI is InChI=1S/C21H23N3O2S/c1-23(19-15-27-20(22-19)16-5-3-2-4-6-16)18-9-7-17(8-10-18)21(25)24-11-13-26-14-12-24/h2-7,9-10,15,17H,8,11-14H2,1H3. The Morgan fingerprint density at radius 3 is 2.74 bits per heavy atom. The highest BCUT2D eigenvalue weighted by Crippen LogP contribution is 2.30. The molecule has 0 bridgehead atoms. The highest BCUT2D eigenvalue weighted by molar-refractivity contribution is 7.13. The lowest BCUT2D eigenvalue weighted by Gasteiger charge is -2.30. The number of allylic oxidation sites excluding steroid dienone is 2. The van der Waals surface area contributed by atoms with Crippen molar-refractivity contribution >= 4 is 23.1 Å². The fraction of sp³-hybridized carbons (Fsp3) is 0.333. The largest absolute Gasteiger partial charge is 0.378 e. The Labute approximate surface area is 163 Å². The first-order chi connectivity index (χ1) is 13.2. The van der Waals surface area contributed by atoms with E-state index in [1.807, 2.05) is 42.3 Å². The SMILES string of the molecule is CN(C1=CCC(C(=O)N2CCOCC2)C=C1)c1csc(-c2ccccc2)n1. The van der Waals surface area contributed by atoms with E-state index in [1.54, 1.807) is 11.3 Å². The van der Waals surface area contributed by atoms with E-state index in [0.29, 0.717) is 26.3 Å². The molecule has 1 aromatic heterocycles. The molecule has 2 heterocycles. The minimum atomic E-state index is -0.0736. The molecule has 0 radical (unpaired) electrons. The summed E-state index contributed by atoms with van der Waals surface area (Å²) in [5.74, 6) is 1.05. The van der Waals surface area contributed by atoms with Gasteiger partial charge >= 0.3 is 0 Å². The van der Waals surface area contributed by atoms with Crippen molar-refractivity contribution in [2.45, 2.75) is 6.42 Å². The van der Waals surface area contributed by atoms with Gasteiger partial charge in [-0.25, -0.2) is 4.98 Å². The van der Waals surface area contributed by atoms with Crippen LogP contribution in [0.1, 0.15) is 6.42 Å². The van der Waals surface area contributed by atoms with E-state index in [4.69, 9.17) is 9.72 Å². The molecule has 27 heavy (non-hydrogen) atoms. The summed E-state index contributed by atoms with van der Waals surface area (Å²) >= 11 is 1.64. The molecule has 1 aromatic carbocycles. The Morgan fingerprint density at radius 2 is 2.04 bits per heavy atom. The molecule has 1 aliphatic carbocycles. The molecule has 1 fully saturated rings. The summed E-state index contributed by atoms with van der Waals surface area (Å²) in [6.45, 7) is 2.67. The van der Waals surface area contributed by atoms with Gasteiger partial charge in [0.15, 0.2) is 0 Å². The first-order valence-corrected chi connectivity index (χ1v) is 10.1. The van der Waals surface area contributed by atoms with Crippen molar-refractivity contribution in [3.05, 3.63) is 59.6 Å². The van der Waals surface area contributed by atoms with Crippen LogP contribution in [-0.4, -0.2) is 49.1 Å². The van der Waals surface area contributed by atoms with E-state index in [1.165, 1.54) is 0 Å². The number of amides is 1. The van der Waals surface area contributed by atoms with Crippen LogP contribution in [0.2, 0.25) is 0 Å². The zero-order valence-electron chi connectivity index (χ0n) is 15.4. The first-order valence-electron chi connectivity index (χ1n) is 9.22. The summed E-state index contributed by atoms with van der Waals surface area (Å²) in [7, 11) is 2.02. The molecule has 0 spiro atoms. The Morgan fingerprint density at radius 1 is 1.26 bits per heavy atom. The van der Waals surface area contributed by atoms with Gasteiger partial charge in [-0.3, -0.25) is 4.79 Å². The van der Waals surface area contributed by atoms with Gasteiger partial charge in [-0.2, -0.15) is 0 Å². The molecular weight excluding hydrogens is 358 g/mol. The first kappa shape index (κ1) is 17.9. The number of carbonyl (C=O) groups is 1. The number of rotatable bonds is 4. The third kappa shape index (κ3) is 3.96. The molecule has 2 aromatic rings. The van der Waals surface area contributed by atoms with Crippen LogP contribution in [0.4, 0.5) is 5.82 Å². The van der Waals surface area contributed by atoms with Gasteiger partial charge in [0.2, 0.25) is 5.91 Å². The van der Waals surface area contributed by atoms with E-state index in [-0.39, 0.29) is 11.8 Å². The van der Waals surface area contributed by atoms with Gasteiger partial charge in [0.1, 0.15) is 10.8 Å². The van der Waals surface area contributed by atoms with Crippen LogP contribution in [0.3, 0.4) is 0 Å². The maximum absolute atomic E-state index is 12.6. The average molecular weight is 382 g/mol. The molecule has 1 atom stereocenters. The molecule has 0 saturated carbocycles. The number of likely N-dealkylation sites (N-methyl/N-ethyl adjacent to an activating group) is 1. The van der Waals surface area contributed by atoms with Crippen LogP contribution in [0, 0.1) is 5.92 Å². The lowest BCUT2D eigenvalue weighted by molar-refractivity contribution is -0.138. The quantitative estimate of drug-likeness (QED) is 0.812. The number of thiazole rings is 1. The molecule has 1 saturated heterocycles. The van der Waals surface area contributed by atoms with Crippen molar-refractivity contribution in [1.82, 2.24) is 9.88 Å². The van der Waals surface area contributed by atoms with Gasteiger partial charge in [0.25, 0.3) is 0 Å². The van der Waals surface area contributed by atoms with Crippen molar-refractivity contribution in [2.75, 3.05) is 38.3 Å². The van der Waals surface area contributed by atoms with Crippen LogP contribution >= 0.6 is 11.3 Å². The van der Waals surface area contributed by atoms with Gasteiger partial charge in [0.05, 0.1) is 19.1 Å². The lowest BCUT2D eigenvalue weighted by Crippen LogP contribution is -2.43. The highest BCUT2D eigenvalue weighted by Gasteiger charge is 2.25. The predicted octanol–water partition coefficient (Wildman–Crippen LogP) is 3.57. The number of carbonyl (C=O) groups excluding carboxylic acids is 1. The molecule has 5 nitrogen and oxygen atoms in total. The number of benzene rings is 1. The molecular formula is C21H23N3O2S. The summed E-state index contributed by atoms with van der Waals surface area (Å²) in [6, 6.07) is 10.2. The predicted molar refractivity (Wildman–Crippen MR) is 109 cm³/mol. The molecule has 4 rings (SSSR count). The van der Waals surface area contributed by atoms with Gasteiger partial charge in [-0.05, 0) is 12.5 Å². The van der Waals surface area contributed by atoms with Crippen molar-refractivity contribution < 1.29 is 9.53 Å². The molecule has 6 heteroatoms. The van der Waals surface area contributed by atoms with Crippen LogP contribution in [0.15, 0.2) is 59.6 Å². The number of nitrogens with zero attached hydrogens (tertiary/aromatic N) is 3. The fourth-order valence-electron chi connectivity index (χ4n) is 3.32. The summed E-state index contributed by atoms with van der Waals surface area (Å²) in [4.78, 5) is 21.4. The molecule has 1 unspecified atom stereocenters. The van der Waals surface area contributed by atoms with Crippen molar-refractivity contribution in [2.24, 2.45) is 5.92 Å². The Balaban J connectivity index is 1.41. The number of hydrogen-bond acceptors (Lipinski definition) is 5. The van der Waals surface area contributed by atoms with Crippen LogP contribution in [0.25, 0.3) is 10.6 Å². The summed E-state index contributed by atoms with van der Waals surface area (Å²) in [5.41, 5.74) is 2.21. The summed E-state index contributed by atoms with van der Waals surface area (Å²) in [6.07, 6.45) is 6.91. The molecule has 0 N–H and O–H groups in total. The lowest BCUT2D eigenvalue weighted by atomic mass is 9.97. The normalized spacial score (nSPS) is 19.7.